The molecule has 0 saturated carbocycles. The number of carbonyl (C=O) groups excluding carboxylic acids is 2. The van der Waals surface area contributed by atoms with E-state index in [1.165, 1.54) is 0 Å². The number of aryl methyl sites for hydroxylation is 1. The number of nitrogens with one attached hydrogen (secondary N) is 1. The highest BCUT2D eigenvalue weighted by Gasteiger charge is 2.34. The molecule has 4 aromatic rings. The van der Waals surface area contributed by atoms with Crippen LogP contribution >= 0.6 is 0 Å². The molecule has 40 heavy (non-hydrogen) atoms. The number of aromatic nitrogens is 2. The van der Waals surface area contributed by atoms with Gasteiger partial charge in [0.25, 0.3) is 5.91 Å². The molecule has 5 heterocycles. The van der Waals surface area contributed by atoms with Crippen molar-refractivity contribution in [2.45, 2.75) is 32.2 Å². The van der Waals surface area contributed by atoms with Crippen LogP contribution in [0.25, 0.3) is 5.65 Å². The molecular weight excluding hydrogens is 508 g/mol. The molecule has 0 saturated heterocycles. The van der Waals surface area contributed by atoms with Gasteiger partial charge in [0.2, 0.25) is 5.91 Å². The molecule has 3 aliphatic rings. The van der Waals surface area contributed by atoms with E-state index in [1.54, 1.807) is 13.3 Å². The molecule has 3 aliphatic heterocycles. The van der Waals surface area contributed by atoms with Crippen LogP contribution in [0, 0.1) is 6.92 Å². The van der Waals surface area contributed by atoms with Gasteiger partial charge in [-0.2, -0.15) is 0 Å². The Hall–Kier alpha value is -4.53. The summed E-state index contributed by atoms with van der Waals surface area (Å²) in [5.41, 5.74) is 5.73. The summed E-state index contributed by atoms with van der Waals surface area (Å²) in [6, 6.07) is 15.4. The highest BCUT2D eigenvalue weighted by atomic mass is 16.5. The molecule has 9 nitrogen and oxygen atoms in total. The van der Waals surface area contributed by atoms with Gasteiger partial charge in [-0.3, -0.25) is 9.59 Å². The van der Waals surface area contributed by atoms with Crippen molar-refractivity contribution in [1.82, 2.24) is 19.6 Å². The van der Waals surface area contributed by atoms with Gasteiger partial charge < -0.3 is 28.8 Å². The molecule has 1 unspecified atom stereocenters. The smallest absolute Gasteiger partial charge is 0.257 e. The zero-order chi connectivity index (χ0) is 27.6. The van der Waals surface area contributed by atoms with Crippen LogP contribution in [-0.2, 0) is 22.4 Å². The average molecular weight is 541 g/mol. The molecule has 6 bridgehead atoms. The lowest BCUT2D eigenvalue weighted by molar-refractivity contribution is -0.132. The van der Waals surface area contributed by atoms with Gasteiger partial charge in [-0.1, -0.05) is 18.2 Å². The van der Waals surface area contributed by atoms with Gasteiger partial charge in [0.1, 0.15) is 11.4 Å². The normalized spacial score (nSPS) is 17.2. The lowest BCUT2D eigenvalue weighted by Gasteiger charge is -2.38. The van der Waals surface area contributed by atoms with Gasteiger partial charge in [0.05, 0.1) is 31.9 Å². The summed E-state index contributed by atoms with van der Waals surface area (Å²) in [6.45, 7) is 3.38. The van der Waals surface area contributed by atoms with Crippen LogP contribution in [-0.4, -0.2) is 59.5 Å². The molecule has 2 aromatic heterocycles. The maximum atomic E-state index is 14.0. The van der Waals surface area contributed by atoms with Crippen LogP contribution in [0.4, 0.5) is 0 Å². The summed E-state index contributed by atoms with van der Waals surface area (Å²) in [4.78, 5) is 32.8. The molecular formula is C31H32N4O5. The van der Waals surface area contributed by atoms with Crippen molar-refractivity contribution < 1.29 is 23.8 Å². The van der Waals surface area contributed by atoms with E-state index in [2.05, 4.69) is 10.3 Å². The Bertz CT molecular complexity index is 1580. The second-order valence-electron chi connectivity index (χ2n) is 10.2. The first-order valence-electron chi connectivity index (χ1n) is 13.6. The van der Waals surface area contributed by atoms with E-state index in [9.17, 15) is 9.59 Å². The molecule has 1 atom stereocenters. The van der Waals surface area contributed by atoms with E-state index in [0.29, 0.717) is 44.0 Å². The first kappa shape index (κ1) is 25.7. The average Bonchev–Trinajstić information content (AvgIpc) is 3.38. The first-order chi connectivity index (χ1) is 19.5. The van der Waals surface area contributed by atoms with E-state index in [-0.39, 0.29) is 30.9 Å². The van der Waals surface area contributed by atoms with Crippen molar-refractivity contribution >= 4 is 17.5 Å². The Morgan fingerprint density at radius 2 is 2.08 bits per heavy atom. The van der Waals surface area contributed by atoms with Crippen LogP contribution in [0.3, 0.4) is 0 Å². The van der Waals surface area contributed by atoms with Crippen LogP contribution in [0.2, 0.25) is 0 Å². The number of imidazole rings is 1. The second-order valence-corrected chi connectivity index (χ2v) is 10.2. The van der Waals surface area contributed by atoms with Crippen molar-refractivity contribution in [2.24, 2.45) is 0 Å². The molecule has 2 aromatic carbocycles. The number of methoxy groups -OCH3 is 1. The Balaban J connectivity index is 1.41. The number of amides is 2. The number of ether oxygens (including phenoxy) is 3. The van der Waals surface area contributed by atoms with Gasteiger partial charge in [-0.05, 0) is 72.4 Å². The van der Waals surface area contributed by atoms with E-state index >= 15 is 0 Å². The molecule has 0 spiro atoms. The van der Waals surface area contributed by atoms with E-state index < -0.39 is 0 Å². The van der Waals surface area contributed by atoms with Crippen LogP contribution in [0.1, 0.15) is 40.4 Å². The Morgan fingerprint density at radius 1 is 1.18 bits per heavy atom. The van der Waals surface area contributed by atoms with Gasteiger partial charge in [-0.25, -0.2) is 4.98 Å². The topological polar surface area (TPSA) is 94.4 Å². The zero-order valence-electron chi connectivity index (χ0n) is 22.7. The number of rotatable bonds is 3. The van der Waals surface area contributed by atoms with Crippen LogP contribution in [0.15, 0.2) is 60.9 Å². The number of carbonyl (C=O) groups is 2. The fourth-order valence-corrected chi connectivity index (χ4v) is 5.58. The number of benzene rings is 2. The minimum Gasteiger partial charge on any atom is -0.494 e. The van der Waals surface area contributed by atoms with Gasteiger partial charge >= 0.3 is 0 Å². The molecule has 0 radical (unpaired) electrons. The number of hydrogen-bond acceptors (Lipinski definition) is 6. The Morgan fingerprint density at radius 3 is 2.95 bits per heavy atom. The summed E-state index contributed by atoms with van der Waals surface area (Å²) in [7, 11) is 1.58. The summed E-state index contributed by atoms with van der Waals surface area (Å²) in [5, 5.41) is 2.86. The molecule has 0 fully saturated rings. The largest absolute Gasteiger partial charge is 0.494 e. The molecule has 2 amide bonds. The van der Waals surface area contributed by atoms with Crippen molar-refractivity contribution in [3.63, 3.8) is 0 Å². The van der Waals surface area contributed by atoms with Crippen molar-refractivity contribution in [3.05, 3.63) is 88.9 Å². The number of fused-ring (bicyclic) bond motifs is 9. The molecule has 206 valence electrons. The maximum absolute atomic E-state index is 14.0. The number of nitrogens with zero attached hydrogens (tertiary/aromatic N) is 3. The fraction of sp³-hybridized carbons (Fsp3) is 0.323. The van der Waals surface area contributed by atoms with E-state index in [4.69, 9.17) is 14.2 Å². The second kappa shape index (κ2) is 10.9. The van der Waals surface area contributed by atoms with Gasteiger partial charge in [0, 0.05) is 25.5 Å². The standard InChI is InChI=1S/C31H32N4O5/c1-20-6-4-11-34-23(18-33-31(20)34)16-29(37)35-12-9-21-15-27-26(38-2)17-25(21)30(35)22-7-3-8-24(14-22)39-13-5-10-32-28(36)19-40-27/h3-4,6-8,11,14-15,17-18,30H,5,9-10,12-13,16,19H2,1-2H3,(H,32,36). The van der Waals surface area contributed by atoms with Gasteiger partial charge in [-0.15, -0.1) is 0 Å². The Kier molecular flexibility index (Phi) is 7.02. The molecule has 9 heteroatoms. The summed E-state index contributed by atoms with van der Waals surface area (Å²) >= 11 is 0. The maximum Gasteiger partial charge on any atom is 0.257 e. The van der Waals surface area contributed by atoms with E-state index in [1.807, 2.05) is 71.0 Å². The third kappa shape index (κ3) is 4.95. The predicted octanol–water partition coefficient (Wildman–Crippen LogP) is 3.65. The highest BCUT2D eigenvalue weighted by molar-refractivity contribution is 5.80. The lowest BCUT2D eigenvalue weighted by Crippen LogP contribution is -2.41. The fourth-order valence-electron chi connectivity index (χ4n) is 5.58. The predicted molar refractivity (Wildman–Crippen MR) is 149 cm³/mol. The van der Waals surface area contributed by atoms with Crippen molar-refractivity contribution in [3.8, 4) is 17.2 Å². The van der Waals surface area contributed by atoms with E-state index in [0.717, 1.165) is 39.3 Å². The van der Waals surface area contributed by atoms with Gasteiger partial charge in [0.15, 0.2) is 18.1 Å². The molecule has 1 N–H and O–H groups in total. The zero-order valence-corrected chi connectivity index (χ0v) is 22.7. The SMILES string of the molecule is COc1cc2c3cc1OCC(=O)NCCCOc1cccc(c1)C2N(C(=O)Cc1cnc2c(C)cccn12)CC3. The Labute approximate surface area is 232 Å². The third-order valence-corrected chi connectivity index (χ3v) is 7.56. The summed E-state index contributed by atoms with van der Waals surface area (Å²) < 4.78 is 19.6. The van der Waals surface area contributed by atoms with Crippen molar-refractivity contribution in [2.75, 3.05) is 33.4 Å². The lowest BCUT2D eigenvalue weighted by atomic mass is 9.87. The summed E-state index contributed by atoms with van der Waals surface area (Å²) in [6.07, 6.45) is 5.26. The highest BCUT2D eigenvalue weighted by Crippen LogP contribution is 2.42. The molecule has 0 aliphatic carbocycles. The van der Waals surface area contributed by atoms with Crippen LogP contribution in [0.5, 0.6) is 17.2 Å². The number of hydrogen-bond donors (Lipinski definition) is 1. The number of pyridine rings is 1. The minimum absolute atomic E-state index is 0.00986. The monoisotopic (exact) mass is 540 g/mol. The first-order valence-corrected chi connectivity index (χ1v) is 13.6. The molecule has 7 rings (SSSR count). The quantitative estimate of drug-likeness (QED) is 0.427. The van der Waals surface area contributed by atoms with Crippen molar-refractivity contribution in [1.29, 1.82) is 0 Å². The summed E-state index contributed by atoms with van der Waals surface area (Å²) in [5.74, 6) is 1.56. The van der Waals surface area contributed by atoms with Crippen LogP contribution < -0.4 is 19.5 Å². The minimum atomic E-state index is -0.347. The third-order valence-electron chi connectivity index (χ3n) is 7.56.